The van der Waals surface area contributed by atoms with Crippen LogP contribution in [0.2, 0.25) is 0 Å². The Balaban J connectivity index is -0.0000000514. The Labute approximate surface area is 245 Å². The van der Waals surface area contributed by atoms with Crippen LogP contribution in [0.3, 0.4) is 0 Å². The fraction of sp³-hybridized carbons (Fsp3) is 0. The summed E-state index contributed by atoms with van der Waals surface area (Å²) in [5, 5.41) is 43.1. The van der Waals surface area contributed by atoms with Crippen LogP contribution in [0.5, 0.6) is 0 Å². The first kappa shape index (κ1) is 60.2. The standard InChI is InChI=1S/2C10H8N2O2.2ClH.Cu.8H2O/c2*13-11-5-1-9(2-6-11)10-3-7-12(14)8-4-10;;;;;;;;;;;/h2*1-8H;2*1H;;8*1H2/q;;;;+2;;;;;;;;/p+2. The number of aromatic nitrogens is 4. The molecule has 0 aromatic carbocycles. The van der Waals surface area contributed by atoms with Crippen LogP contribution in [0.15, 0.2) is 98.1 Å². The summed E-state index contributed by atoms with van der Waals surface area (Å²) in [7, 11) is 0. The molecule has 0 saturated heterocycles. The average Bonchev–Trinajstić information content (AvgIpc) is 2.71. The molecule has 0 aliphatic rings. The third-order valence-electron chi connectivity index (χ3n) is 3.87. The predicted octanol–water partition coefficient (Wildman–Crippen LogP) is -11.7. The molecule has 229 valence electrons. The van der Waals surface area contributed by atoms with Crippen molar-refractivity contribution in [2.45, 2.75) is 0 Å². The number of rotatable bonds is 2. The summed E-state index contributed by atoms with van der Waals surface area (Å²) in [4.78, 5) is 0. The molecule has 4 rings (SSSR count). The van der Waals surface area contributed by atoms with E-state index in [0.717, 1.165) is 41.2 Å². The van der Waals surface area contributed by atoms with Gasteiger partial charge in [-0.2, -0.15) is 18.9 Å². The summed E-state index contributed by atoms with van der Waals surface area (Å²) < 4.78 is 2.89. The number of hydrogen-bond acceptors (Lipinski definition) is 4. The van der Waals surface area contributed by atoms with E-state index in [9.17, 15) is 20.8 Å². The third kappa shape index (κ3) is 18.5. The fourth-order valence-corrected chi connectivity index (χ4v) is 2.42. The molecule has 16 nitrogen and oxygen atoms in total. The molecule has 0 aliphatic heterocycles. The van der Waals surface area contributed by atoms with Gasteiger partial charge in [-0.25, -0.2) is 0 Å². The van der Waals surface area contributed by atoms with E-state index in [4.69, 9.17) is 0 Å². The summed E-state index contributed by atoms with van der Waals surface area (Å²) in [5.74, 6) is 0. The van der Waals surface area contributed by atoms with Crippen molar-refractivity contribution in [2.24, 2.45) is 0 Å². The maximum absolute atomic E-state index is 10.8. The van der Waals surface area contributed by atoms with E-state index < -0.39 is 0 Å². The molecule has 0 saturated carbocycles. The van der Waals surface area contributed by atoms with Crippen molar-refractivity contribution in [3.05, 3.63) is 119 Å². The number of nitrogens with zero attached hydrogens (tertiary/aromatic N) is 4. The molecule has 0 fully saturated rings. The van der Waals surface area contributed by atoms with E-state index in [1.54, 1.807) is 48.5 Å². The van der Waals surface area contributed by atoms with Gasteiger partial charge in [-0.05, 0) is 22.3 Å². The van der Waals surface area contributed by atoms with Gasteiger partial charge in [-0.1, -0.05) is 0 Å². The van der Waals surface area contributed by atoms with Gasteiger partial charge in [0.05, 0.1) is 0 Å². The van der Waals surface area contributed by atoms with Gasteiger partial charge < -0.3 is 89.5 Å². The number of pyridine rings is 4. The van der Waals surface area contributed by atoms with Gasteiger partial charge in [-0.15, -0.1) is 0 Å². The monoisotopic (exact) mass is 657 g/mol. The molecule has 4 aromatic rings. The Hall–Kier alpha value is -3.42. The second-order valence-corrected chi connectivity index (χ2v) is 5.79. The van der Waals surface area contributed by atoms with E-state index >= 15 is 0 Å². The average molecular weight is 659 g/mol. The van der Waals surface area contributed by atoms with Gasteiger partial charge in [-0.3, -0.25) is 0 Å². The first-order chi connectivity index (χ1) is 13.5. The van der Waals surface area contributed by atoms with E-state index in [1.165, 1.54) is 49.6 Å². The van der Waals surface area contributed by atoms with Crippen LogP contribution in [-0.2, 0) is 39.0 Å². The Morgan fingerprint density at radius 3 is 0.538 bits per heavy atom. The third-order valence-corrected chi connectivity index (χ3v) is 3.87. The van der Waals surface area contributed by atoms with Crippen molar-refractivity contribution >= 4 is 0 Å². The van der Waals surface area contributed by atoms with E-state index in [-0.39, 0.29) is 85.7 Å². The summed E-state index contributed by atoms with van der Waals surface area (Å²) in [6.45, 7) is 0. The first-order valence-electron chi connectivity index (χ1n) is 8.27. The maximum Gasteiger partial charge on any atom is 2.00 e. The van der Waals surface area contributed by atoms with Crippen LogP contribution in [0.4, 0.5) is 0 Å². The molecule has 0 spiro atoms. The second kappa shape index (κ2) is 29.1. The Morgan fingerprint density at radius 2 is 0.436 bits per heavy atom. The van der Waals surface area contributed by atoms with Crippen molar-refractivity contribution in [1.29, 1.82) is 0 Å². The topological polar surface area (TPSA) is 366 Å². The second-order valence-electron chi connectivity index (χ2n) is 5.79. The van der Waals surface area contributed by atoms with Crippen molar-refractivity contribution < 1.29 is 105 Å². The number of hydrogen-bond donors (Lipinski definition) is 0. The van der Waals surface area contributed by atoms with E-state index in [2.05, 4.69) is 0 Å². The van der Waals surface area contributed by atoms with Crippen LogP contribution in [0.1, 0.15) is 0 Å². The summed E-state index contributed by atoms with van der Waals surface area (Å²) in [6.07, 6.45) is 11.4. The van der Waals surface area contributed by atoms with Crippen molar-refractivity contribution in [2.75, 3.05) is 0 Å². The molecule has 19 heteroatoms. The Morgan fingerprint density at radius 1 is 0.333 bits per heavy atom. The van der Waals surface area contributed by atoms with Gasteiger partial charge >= 0.3 is 17.1 Å². The molecule has 4 heterocycles. The van der Waals surface area contributed by atoms with Crippen molar-refractivity contribution in [3.63, 3.8) is 0 Å². The van der Waals surface area contributed by atoms with E-state index in [0.29, 0.717) is 0 Å². The Kier molecular flexibility index (Phi) is 45.0. The van der Waals surface area contributed by atoms with Crippen LogP contribution < -0.4 is 43.7 Å². The predicted molar refractivity (Wildman–Crippen MR) is 134 cm³/mol. The van der Waals surface area contributed by atoms with Crippen LogP contribution >= 0.6 is 0 Å². The SMILES string of the molecule is O.O.O.O.[Cl-].[Cl-].[Cu+2].[O-][n+]1ccc(-c2cc[n+]([O-])cc2)cc1.[O-][n+]1ccc(-c2cc[n+]([O-])cc2)cc1.[OH3+].[OH3+].[OH3+].[OH3+]. The summed E-state index contributed by atoms with van der Waals surface area (Å²) >= 11 is 0. The van der Waals surface area contributed by atoms with Crippen LogP contribution in [-0.4, -0.2) is 21.9 Å². The van der Waals surface area contributed by atoms with Crippen molar-refractivity contribution in [1.82, 2.24) is 0 Å². The Bertz CT molecular complexity index is 880. The van der Waals surface area contributed by atoms with Gasteiger partial charge in [0.25, 0.3) is 0 Å². The quantitative estimate of drug-likeness (QED) is 0.0875. The van der Waals surface area contributed by atoms with Gasteiger partial charge in [0.1, 0.15) is 0 Å². The molecular formula is C20H36Cl2CuN4O12+4. The van der Waals surface area contributed by atoms with E-state index in [1.807, 2.05) is 0 Å². The molecule has 0 bridgehead atoms. The minimum absolute atomic E-state index is 0. The smallest absolute Gasteiger partial charge is 1.00 e. The van der Waals surface area contributed by atoms with Gasteiger partial charge in [0.2, 0.25) is 0 Å². The molecule has 4 aromatic heterocycles. The molecular weight excluding hydrogens is 623 g/mol. The fourth-order valence-electron chi connectivity index (χ4n) is 2.42. The molecule has 0 aliphatic carbocycles. The maximum atomic E-state index is 10.8. The van der Waals surface area contributed by atoms with Crippen LogP contribution in [0, 0.1) is 20.8 Å². The van der Waals surface area contributed by atoms with Gasteiger partial charge in [0.15, 0.2) is 49.6 Å². The number of halogens is 2. The summed E-state index contributed by atoms with van der Waals surface area (Å²) in [5.41, 5.74) is 3.66. The largest absolute Gasteiger partial charge is 2.00 e. The van der Waals surface area contributed by atoms with Gasteiger partial charge in [0, 0.05) is 48.5 Å². The normalized spacial score (nSPS) is 7.18. The molecule has 39 heavy (non-hydrogen) atoms. The zero-order valence-corrected chi connectivity index (χ0v) is 22.5. The minimum atomic E-state index is 0. The zero-order chi connectivity index (χ0) is 19.9. The zero-order valence-electron chi connectivity index (χ0n) is 20.0. The molecule has 1 radical (unpaired) electrons. The van der Waals surface area contributed by atoms with Crippen LogP contribution in [0.25, 0.3) is 22.3 Å². The molecule has 20 N–H and O–H groups in total. The molecule has 0 amide bonds. The molecule has 0 unspecified atom stereocenters. The molecule has 0 atom stereocenters. The minimum Gasteiger partial charge on any atom is -1.00 e. The first-order valence-corrected chi connectivity index (χ1v) is 8.27. The van der Waals surface area contributed by atoms with Crippen molar-refractivity contribution in [3.8, 4) is 22.3 Å². The summed E-state index contributed by atoms with van der Waals surface area (Å²) in [6, 6.07) is 13.6.